The fourth-order valence-electron chi connectivity index (χ4n) is 2.53. The molecule has 0 saturated heterocycles. The van der Waals surface area contributed by atoms with Crippen molar-refractivity contribution in [3.8, 4) is 5.69 Å². The van der Waals surface area contributed by atoms with Crippen LogP contribution < -0.4 is 0 Å². The van der Waals surface area contributed by atoms with Crippen molar-refractivity contribution in [2.24, 2.45) is 0 Å². The molecule has 0 unspecified atom stereocenters. The molecule has 0 saturated carbocycles. The number of rotatable bonds is 7. The molecule has 0 spiro atoms. The highest BCUT2D eigenvalue weighted by molar-refractivity contribution is 5.94. The summed E-state index contributed by atoms with van der Waals surface area (Å²) in [5, 5.41) is 13.5. The summed E-state index contributed by atoms with van der Waals surface area (Å²) in [5.74, 6) is -1.20. The predicted molar refractivity (Wildman–Crippen MR) is 91.5 cm³/mol. The predicted octanol–water partition coefficient (Wildman–Crippen LogP) is 2.93. The first kappa shape index (κ1) is 17.7. The maximum atomic E-state index is 12.7. The molecule has 6 nitrogen and oxygen atoms in total. The normalized spacial score (nSPS) is 10.8. The van der Waals surface area contributed by atoms with E-state index in [0.717, 1.165) is 11.4 Å². The quantitative estimate of drug-likeness (QED) is 0.847. The second-order valence-electron chi connectivity index (χ2n) is 5.98. The maximum absolute atomic E-state index is 12.7. The molecule has 1 N–H and O–H groups in total. The molecular weight excluding hydrogens is 306 g/mol. The van der Waals surface area contributed by atoms with Crippen LogP contribution >= 0.6 is 0 Å². The molecule has 0 aliphatic heterocycles. The topological polar surface area (TPSA) is 75.4 Å². The van der Waals surface area contributed by atoms with Gasteiger partial charge < -0.3 is 10.0 Å². The number of carbonyl (C=O) groups is 2. The minimum Gasteiger partial charge on any atom is -0.480 e. The largest absolute Gasteiger partial charge is 0.480 e. The number of aliphatic carboxylic acids is 1. The summed E-state index contributed by atoms with van der Waals surface area (Å²) in [5.41, 5.74) is 2.06. The lowest BCUT2D eigenvalue weighted by molar-refractivity contribution is -0.137. The number of amides is 1. The van der Waals surface area contributed by atoms with Crippen molar-refractivity contribution in [1.29, 1.82) is 0 Å². The molecule has 1 amide bonds. The van der Waals surface area contributed by atoms with Gasteiger partial charge in [0, 0.05) is 12.2 Å². The number of para-hydroxylation sites is 1. The van der Waals surface area contributed by atoms with Crippen LogP contribution in [0.1, 0.15) is 49.3 Å². The summed E-state index contributed by atoms with van der Waals surface area (Å²) in [4.78, 5) is 25.0. The van der Waals surface area contributed by atoms with Crippen molar-refractivity contribution < 1.29 is 14.7 Å². The summed E-state index contributed by atoms with van der Waals surface area (Å²) < 4.78 is 1.75. The number of carbonyl (C=O) groups excluding carboxylic acids is 1. The van der Waals surface area contributed by atoms with E-state index >= 15 is 0 Å². The average molecular weight is 329 g/mol. The van der Waals surface area contributed by atoms with Gasteiger partial charge in [0.05, 0.1) is 5.69 Å². The van der Waals surface area contributed by atoms with E-state index in [1.807, 2.05) is 51.1 Å². The van der Waals surface area contributed by atoms with Crippen molar-refractivity contribution >= 4 is 11.9 Å². The van der Waals surface area contributed by atoms with E-state index < -0.39 is 5.97 Å². The first-order valence-corrected chi connectivity index (χ1v) is 8.10. The molecule has 0 radical (unpaired) electrons. The summed E-state index contributed by atoms with van der Waals surface area (Å²) in [6.45, 7) is 6.05. The Morgan fingerprint density at radius 3 is 2.46 bits per heavy atom. The fraction of sp³-hybridized carbons (Fsp3) is 0.389. The zero-order valence-electron chi connectivity index (χ0n) is 14.3. The molecular formula is C18H23N3O3. The Bertz CT molecular complexity index is 708. The monoisotopic (exact) mass is 329 g/mol. The molecule has 1 aromatic heterocycles. The molecule has 0 atom stereocenters. The van der Waals surface area contributed by atoms with Crippen molar-refractivity contribution in [3.63, 3.8) is 0 Å². The van der Waals surface area contributed by atoms with Crippen LogP contribution in [-0.2, 0) is 4.79 Å². The lowest BCUT2D eigenvalue weighted by Gasteiger charge is -2.18. The number of nitrogens with zero attached hydrogens (tertiary/aromatic N) is 3. The lowest BCUT2D eigenvalue weighted by atomic mass is 10.1. The smallest absolute Gasteiger partial charge is 0.323 e. The second kappa shape index (κ2) is 7.77. The Morgan fingerprint density at radius 1 is 1.25 bits per heavy atom. The first-order valence-electron chi connectivity index (χ1n) is 8.10. The van der Waals surface area contributed by atoms with Crippen LogP contribution in [0.25, 0.3) is 5.69 Å². The van der Waals surface area contributed by atoms with Crippen LogP contribution in [0.2, 0.25) is 0 Å². The Kier molecular flexibility index (Phi) is 5.73. The van der Waals surface area contributed by atoms with Gasteiger partial charge in [-0.3, -0.25) is 9.59 Å². The van der Waals surface area contributed by atoms with Crippen LogP contribution in [-0.4, -0.2) is 44.8 Å². The summed E-state index contributed by atoms with van der Waals surface area (Å²) >= 11 is 0. The van der Waals surface area contributed by atoms with E-state index in [1.165, 1.54) is 4.90 Å². The van der Waals surface area contributed by atoms with Gasteiger partial charge in [-0.25, -0.2) is 4.68 Å². The third kappa shape index (κ3) is 4.01. The van der Waals surface area contributed by atoms with Gasteiger partial charge in [0.1, 0.15) is 6.54 Å². The number of carboxylic acid groups (broad SMARTS) is 1. The molecule has 0 aliphatic rings. The van der Waals surface area contributed by atoms with Crippen molar-refractivity contribution in [2.45, 2.75) is 33.1 Å². The molecule has 6 heteroatoms. The Hall–Kier alpha value is -2.63. The first-order chi connectivity index (χ1) is 11.4. The van der Waals surface area contributed by atoms with E-state index in [4.69, 9.17) is 5.11 Å². The number of carboxylic acids is 1. The van der Waals surface area contributed by atoms with Crippen molar-refractivity contribution in [2.75, 3.05) is 13.1 Å². The van der Waals surface area contributed by atoms with Gasteiger partial charge in [-0.1, -0.05) is 39.0 Å². The summed E-state index contributed by atoms with van der Waals surface area (Å²) in [6.07, 6.45) is 0.690. The third-order valence-corrected chi connectivity index (χ3v) is 3.66. The van der Waals surface area contributed by atoms with E-state index in [0.29, 0.717) is 13.0 Å². The molecule has 0 bridgehead atoms. The van der Waals surface area contributed by atoms with Crippen LogP contribution in [0.15, 0.2) is 36.4 Å². The van der Waals surface area contributed by atoms with E-state index in [-0.39, 0.29) is 24.1 Å². The van der Waals surface area contributed by atoms with Crippen molar-refractivity contribution in [1.82, 2.24) is 14.7 Å². The number of hydrogen-bond donors (Lipinski definition) is 1. The van der Waals surface area contributed by atoms with Gasteiger partial charge >= 0.3 is 5.97 Å². The molecule has 2 rings (SSSR count). The highest BCUT2D eigenvalue weighted by atomic mass is 16.4. The Morgan fingerprint density at radius 2 is 1.92 bits per heavy atom. The summed E-state index contributed by atoms with van der Waals surface area (Å²) in [7, 11) is 0. The highest BCUT2D eigenvalue weighted by Gasteiger charge is 2.23. The minimum absolute atomic E-state index is 0.179. The zero-order chi connectivity index (χ0) is 17.7. The van der Waals surface area contributed by atoms with E-state index in [9.17, 15) is 9.59 Å². The lowest BCUT2D eigenvalue weighted by Crippen LogP contribution is -2.36. The number of benzene rings is 1. The number of aromatic nitrogens is 2. The Balaban J connectivity index is 2.40. The molecule has 128 valence electrons. The molecule has 1 aromatic carbocycles. The van der Waals surface area contributed by atoms with Crippen molar-refractivity contribution in [3.05, 3.63) is 47.8 Å². The molecule has 24 heavy (non-hydrogen) atoms. The molecule has 0 aliphatic carbocycles. The van der Waals surface area contributed by atoms with Crippen LogP contribution in [0, 0.1) is 0 Å². The van der Waals surface area contributed by atoms with Gasteiger partial charge in [-0.15, -0.1) is 0 Å². The van der Waals surface area contributed by atoms with Crippen LogP contribution in [0.5, 0.6) is 0 Å². The van der Waals surface area contributed by atoms with Gasteiger partial charge in [0.25, 0.3) is 5.91 Å². The Labute approximate surface area is 141 Å². The minimum atomic E-state index is -1.02. The standard InChI is InChI=1S/C18H23N3O3/c1-4-10-20(12-17(22)23)18(24)15-11-16(13(2)3)21(19-15)14-8-6-5-7-9-14/h5-9,11,13H,4,10,12H2,1-3H3,(H,22,23). The maximum Gasteiger partial charge on any atom is 0.323 e. The SMILES string of the molecule is CCCN(CC(=O)O)C(=O)c1cc(C(C)C)n(-c2ccccc2)n1. The highest BCUT2D eigenvalue weighted by Crippen LogP contribution is 2.21. The molecule has 2 aromatic rings. The van der Waals surface area contributed by atoms with Gasteiger partial charge in [0.2, 0.25) is 0 Å². The van der Waals surface area contributed by atoms with Gasteiger partial charge in [-0.05, 0) is 30.5 Å². The third-order valence-electron chi connectivity index (χ3n) is 3.66. The fourth-order valence-corrected chi connectivity index (χ4v) is 2.53. The van der Waals surface area contributed by atoms with Gasteiger partial charge in [-0.2, -0.15) is 5.10 Å². The second-order valence-corrected chi connectivity index (χ2v) is 5.98. The van der Waals surface area contributed by atoms with E-state index in [2.05, 4.69) is 5.10 Å². The van der Waals surface area contributed by atoms with E-state index in [1.54, 1.807) is 10.7 Å². The van der Waals surface area contributed by atoms with Crippen LogP contribution in [0.3, 0.4) is 0 Å². The zero-order valence-corrected chi connectivity index (χ0v) is 14.3. The number of hydrogen-bond acceptors (Lipinski definition) is 3. The summed E-state index contributed by atoms with van der Waals surface area (Å²) in [6, 6.07) is 11.4. The van der Waals surface area contributed by atoms with Gasteiger partial charge in [0.15, 0.2) is 5.69 Å². The average Bonchev–Trinajstić information content (AvgIpc) is 3.00. The molecule has 1 heterocycles. The molecule has 0 fully saturated rings. The van der Waals surface area contributed by atoms with Crippen LogP contribution in [0.4, 0.5) is 0 Å².